The molecule has 40 heavy (non-hydrogen) atoms. The van der Waals surface area contributed by atoms with Crippen molar-refractivity contribution in [2.45, 2.75) is 96.0 Å². The molecule has 10 nitrogen and oxygen atoms in total. The highest BCUT2D eigenvalue weighted by Gasteiger charge is 2.36. The van der Waals surface area contributed by atoms with Gasteiger partial charge in [-0.15, -0.1) is 0 Å². The Morgan fingerprint density at radius 3 is 2.48 bits per heavy atom. The third-order valence-electron chi connectivity index (χ3n) is 7.95. The predicted molar refractivity (Wildman–Crippen MR) is 152 cm³/mol. The van der Waals surface area contributed by atoms with Gasteiger partial charge in [0.05, 0.1) is 30.8 Å². The van der Waals surface area contributed by atoms with Crippen LogP contribution in [0.2, 0.25) is 0 Å². The third kappa shape index (κ3) is 9.48. The predicted octanol–water partition coefficient (Wildman–Crippen LogP) is 2.52. The van der Waals surface area contributed by atoms with E-state index in [1.807, 2.05) is 30.3 Å². The number of carbonyl (C=O) groups excluding carboxylic acids is 2. The van der Waals surface area contributed by atoms with Gasteiger partial charge >= 0.3 is 13.2 Å². The van der Waals surface area contributed by atoms with Gasteiger partial charge in [0.2, 0.25) is 5.91 Å². The van der Waals surface area contributed by atoms with Crippen molar-refractivity contribution in [3.8, 4) is 6.07 Å². The second-order valence-electron chi connectivity index (χ2n) is 11.9. The van der Waals surface area contributed by atoms with Crippen LogP contribution in [0.5, 0.6) is 0 Å². The maximum Gasteiger partial charge on any atom is 0.475 e. The van der Waals surface area contributed by atoms with Crippen molar-refractivity contribution in [2.75, 3.05) is 26.2 Å². The zero-order valence-corrected chi connectivity index (χ0v) is 24.3. The molecule has 2 fully saturated rings. The Bertz CT molecular complexity index is 994. The van der Waals surface area contributed by atoms with Crippen molar-refractivity contribution < 1.29 is 29.1 Å². The number of amides is 2. The number of hydrogen-bond acceptors (Lipinski definition) is 8. The highest BCUT2D eigenvalue weighted by atomic mass is 16.6. The molecule has 0 bridgehead atoms. The maximum absolute atomic E-state index is 13.4. The summed E-state index contributed by atoms with van der Waals surface area (Å²) in [5, 5.41) is 32.0. The number of nitrogens with zero attached hydrogens (tertiary/aromatic N) is 3. The monoisotopic (exact) mass is 556 g/mol. The first-order valence-corrected chi connectivity index (χ1v) is 14.4. The van der Waals surface area contributed by atoms with Crippen LogP contribution in [-0.2, 0) is 20.7 Å². The minimum Gasteiger partial charge on any atom is -0.444 e. The van der Waals surface area contributed by atoms with E-state index in [2.05, 4.69) is 44.0 Å². The molecule has 3 N–H and O–H groups in total. The largest absolute Gasteiger partial charge is 0.475 e. The lowest BCUT2D eigenvalue weighted by atomic mass is 9.76. The van der Waals surface area contributed by atoms with Gasteiger partial charge in [0.25, 0.3) is 0 Å². The lowest BCUT2D eigenvalue weighted by Crippen LogP contribution is -2.55. The first kappa shape index (κ1) is 31.9. The number of alkyl carbamates (subject to hydrolysis) is 1. The van der Waals surface area contributed by atoms with E-state index in [0.29, 0.717) is 25.8 Å². The van der Waals surface area contributed by atoms with Gasteiger partial charge in [0.1, 0.15) is 12.0 Å². The van der Waals surface area contributed by atoms with Crippen molar-refractivity contribution >= 4 is 19.1 Å². The summed E-state index contributed by atoms with van der Waals surface area (Å²) in [4.78, 5) is 30.1. The van der Waals surface area contributed by atoms with E-state index in [4.69, 9.17) is 9.47 Å². The summed E-state index contributed by atoms with van der Waals surface area (Å²) in [6.07, 6.45) is 2.44. The molecule has 0 radical (unpaired) electrons. The number of nitriles is 1. The Labute approximate surface area is 238 Å². The fourth-order valence-electron chi connectivity index (χ4n) is 5.63. The van der Waals surface area contributed by atoms with Crippen molar-refractivity contribution in [2.24, 2.45) is 5.92 Å². The Morgan fingerprint density at radius 2 is 1.85 bits per heavy atom. The van der Waals surface area contributed by atoms with E-state index < -0.39 is 31.2 Å². The van der Waals surface area contributed by atoms with Crippen LogP contribution < -0.4 is 5.32 Å². The number of hydrogen-bond donors (Lipinski definition) is 3. The molecule has 0 saturated carbocycles. The minimum atomic E-state index is -1.76. The molecule has 2 heterocycles. The number of benzene rings is 1. The number of likely N-dealkylation sites (tertiary alicyclic amines) is 1. The molecule has 11 heteroatoms. The lowest BCUT2D eigenvalue weighted by Gasteiger charge is -2.45. The van der Waals surface area contributed by atoms with Crippen LogP contribution >= 0.6 is 0 Å². The van der Waals surface area contributed by atoms with E-state index >= 15 is 0 Å². The molecular formula is C29H45BN4O6. The molecule has 2 amide bonds. The van der Waals surface area contributed by atoms with Crippen molar-refractivity contribution in [3.63, 3.8) is 0 Å². The van der Waals surface area contributed by atoms with Gasteiger partial charge in [0, 0.05) is 25.2 Å². The number of carbonyl (C=O) groups is 2. The summed E-state index contributed by atoms with van der Waals surface area (Å²) in [6.45, 7) is 10.8. The highest BCUT2D eigenvalue weighted by molar-refractivity contribution is 6.43. The van der Waals surface area contributed by atoms with E-state index in [-0.39, 0.29) is 36.6 Å². The topological polar surface area (TPSA) is 135 Å². The molecular weight excluding hydrogens is 511 g/mol. The molecule has 1 aromatic rings. The molecule has 5 atom stereocenters. The zero-order valence-electron chi connectivity index (χ0n) is 24.3. The highest BCUT2D eigenvalue weighted by Crippen LogP contribution is 2.28. The Balaban J connectivity index is 1.55. The van der Waals surface area contributed by atoms with Gasteiger partial charge in [0.15, 0.2) is 0 Å². The van der Waals surface area contributed by atoms with Crippen LogP contribution in [0, 0.1) is 17.2 Å². The smallest absolute Gasteiger partial charge is 0.444 e. The molecule has 2 aliphatic rings. The van der Waals surface area contributed by atoms with Crippen molar-refractivity contribution in [1.82, 2.24) is 15.1 Å². The molecule has 1 unspecified atom stereocenters. The summed E-state index contributed by atoms with van der Waals surface area (Å²) in [6, 6.07) is 11.4. The van der Waals surface area contributed by atoms with Gasteiger partial charge in [-0.3, -0.25) is 9.69 Å². The molecule has 0 aromatic heterocycles. The van der Waals surface area contributed by atoms with Gasteiger partial charge in [-0.05, 0) is 71.8 Å². The van der Waals surface area contributed by atoms with E-state index in [1.165, 1.54) is 0 Å². The summed E-state index contributed by atoms with van der Waals surface area (Å²) >= 11 is 0. The first-order valence-electron chi connectivity index (χ1n) is 14.4. The minimum absolute atomic E-state index is 0.136. The molecule has 3 rings (SSSR count). The Kier molecular flexibility index (Phi) is 11.8. The average molecular weight is 557 g/mol. The van der Waals surface area contributed by atoms with Gasteiger partial charge in [-0.1, -0.05) is 30.3 Å². The van der Waals surface area contributed by atoms with Crippen LogP contribution in [0.25, 0.3) is 0 Å². The zero-order chi connectivity index (χ0) is 29.3. The maximum atomic E-state index is 13.4. The second kappa shape index (κ2) is 14.8. The first-order chi connectivity index (χ1) is 19.0. The van der Waals surface area contributed by atoms with E-state index in [9.17, 15) is 24.9 Å². The summed E-state index contributed by atoms with van der Waals surface area (Å²) < 4.78 is 11.5. The number of ether oxygens (including phenoxy) is 2. The van der Waals surface area contributed by atoms with Crippen LogP contribution in [0.15, 0.2) is 30.3 Å². The van der Waals surface area contributed by atoms with Crippen LogP contribution in [-0.4, -0.2) is 94.9 Å². The Hall–Kier alpha value is -2.65. The van der Waals surface area contributed by atoms with E-state index in [1.54, 1.807) is 4.90 Å². The van der Waals surface area contributed by atoms with Gasteiger partial charge in [-0.2, -0.15) is 5.26 Å². The van der Waals surface area contributed by atoms with Crippen LogP contribution in [0.3, 0.4) is 0 Å². The second-order valence-corrected chi connectivity index (χ2v) is 11.9. The summed E-state index contributed by atoms with van der Waals surface area (Å²) in [7, 11) is -1.76. The average Bonchev–Trinajstić information content (AvgIpc) is 3.14. The fourth-order valence-corrected chi connectivity index (χ4v) is 5.63. The van der Waals surface area contributed by atoms with E-state index in [0.717, 1.165) is 31.5 Å². The van der Waals surface area contributed by atoms with Crippen molar-refractivity contribution in [1.29, 1.82) is 5.26 Å². The molecule has 220 valence electrons. The molecule has 1 aromatic carbocycles. The summed E-state index contributed by atoms with van der Waals surface area (Å²) in [5.74, 6) is -1.95. The fraction of sp³-hybridized carbons (Fsp3) is 0.690. The molecule has 0 spiro atoms. The molecule has 2 aliphatic heterocycles. The lowest BCUT2D eigenvalue weighted by molar-refractivity contribution is -0.135. The quantitative estimate of drug-likeness (QED) is 0.374. The number of morpholine rings is 1. The molecule has 2 saturated heterocycles. The number of nitrogens with one attached hydrogen (secondary N) is 1. The molecule has 0 aliphatic carbocycles. The third-order valence-corrected chi connectivity index (χ3v) is 7.95. The SMILES string of the molecule is C[C@@H]1CN(C(C)(C)CCC(C#N)C(=O)N2CCCC[C@@H](OC(=O)N[C@@H](Cc3ccccc3)B(O)O)C2)C[C@@H](C)O1. The van der Waals surface area contributed by atoms with Gasteiger partial charge < -0.3 is 29.7 Å². The van der Waals surface area contributed by atoms with Crippen LogP contribution in [0.4, 0.5) is 4.79 Å². The standard InChI is InChI=1S/C29H45BN4O6/c1-21-18-34(19-22(2)39-21)29(3,4)14-13-24(17-31)27(35)33-15-9-8-12-25(20-33)40-28(36)32-26(30(37)38)16-23-10-6-5-7-11-23/h5-7,10-11,21-22,24-26,37-38H,8-9,12-16,18-20H2,1-4H3,(H,32,36)/t21-,22-,24?,25-,26+/m1/s1. The summed E-state index contributed by atoms with van der Waals surface area (Å²) in [5.41, 5.74) is 0.660. The van der Waals surface area contributed by atoms with Gasteiger partial charge in [-0.25, -0.2) is 4.79 Å². The normalized spacial score (nSPS) is 23.8. The van der Waals surface area contributed by atoms with Crippen LogP contribution in [0.1, 0.15) is 65.4 Å². The number of rotatable bonds is 10. The van der Waals surface area contributed by atoms with Crippen molar-refractivity contribution in [3.05, 3.63) is 35.9 Å². The Morgan fingerprint density at radius 1 is 1.18 bits per heavy atom.